The van der Waals surface area contributed by atoms with Crippen LogP contribution in [0.15, 0.2) is 66.3 Å². The van der Waals surface area contributed by atoms with Gasteiger partial charge in [0.25, 0.3) is 0 Å². The van der Waals surface area contributed by atoms with Crippen LogP contribution in [0.2, 0.25) is 0 Å². The van der Waals surface area contributed by atoms with Crippen LogP contribution in [-0.2, 0) is 4.74 Å². The van der Waals surface area contributed by atoms with E-state index in [0.717, 1.165) is 10.4 Å². The predicted molar refractivity (Wildman–Crippen MR) is 88.7 cm³/mol. The van der Waals surface area contributed by atoms with Crippen molar-refractivity contribution in [3.63, 3.8) is 0 Å². The lowest BCUT2D eigenvalue weighted by molar-refractivity contribution is 0.538. The van der Waals surface area contributed by atoms with E-state index in [4.69, 9.17) is 15.6 Å². The normalized spacial score (nSPS) is 10.2. The minimum atomic E-state index is -0.0836. The van der Waals surface area contributed by atoms with Gasteiger partial charge in [0.05, 0.1) is 5.56 Å². The van der Waals surface area contributed by atoms with Gasteiger partial charge in [-0.2, -0.15) is 0 Å². The first kappa shape index (κ1) is 14.2. The van der Waals surface area contributed by atoms with E-state index in [1.54, 1.807) is 35.9 Å². The summed E-state index contributed by atoms with van der Waals surface area (Å²) in [6.07, 6.45) is 3.32. The lowest BCUT2D eigenvalue weighted by Gasteiger charge is -2.08. The van der Waals surface area contributed by atoms with E-state index in [2.05, 4.69) is 4.98 Å². The van der Waals surface area contributed by atoms with Gasteiger partial charge < -0.3 is 4.74 Å². The number of hydrogen-bond donors (Lipinski definition) is 2. The lowest BCUT2D eigenvalue weighted by Crippen LogP contribution is -2.13. The fraction of sp³-hybridized carbons (Fsp3) is 0. The van der Waals surface area contributed by atoms with Crippen LogP contribution in [0.5, 0.6) is 0 Å². The average Bonchev–Trinajstić information content (AvgIpc) is 3.10. The van der Waals surface area contributed by atoms with E-state index in [-0.39, 0.29) is 11.8 Å². The van der Waals surface area contributed by atoms with Crippen molar-refractivity contribution in [3.05, 3.63) is 77.4 Å². The number of rotatable bonds is 3. The second-order valence-corrected chi connectivity index (χ2v) is 5.51. The van der Waals surface area contributed by atoms with Crippen LogP contribution in [-0.4, -0.2) is 16.8 Å². The smallest absolute Gasteiger partial charge is 0.222 e. The highest BCUT2D eigenvalue weighted by atomic mass is 32.1. The third-order valence-corrected chi connectivity index (χ3v) is 3.97. The topological polar surface area (TPSA) is 69.8 Å². The molecule has 0 saturated carbocycles. The molecule has 0 saturated heterocycles. The van der Waals surface area contributed by atoms with Gasteiger partial charge in [-0.1, -0.05) is 24.3 Å². The molecule has 0 aliphatic carbocycles. The van der Waals surface area contributed by atoms with Crippen LogP contribution in [0.4, 0.5) is 0 Å². The molecule has 0 aliphatic heterocycles. The Kier molecular flexibility index (Phi) is 4.07. The number of nitrogens with one attached hydrogen (secondary N) is 2. The molecule has 0 radical (unpaired) electrons. The highest BCUT2D eigenvalue weighted by Gasteiger charge is 2.10. The molecule has 5 heteroatoms. The molecular formula is C17H13N3OS. The van der Waals surface area contributed by atoms with E-state index < -0.39 is 0 Å². The van der Waals surface area contributed by atoms with E-state index in [9.17, 15) is 0 Å². The zero-order chi connectivity index (χ0) is 15.4. The van der Waals surface area contributed by atoms with Crippen molar-refractivity contribution in [2.75, 3.05) is 0 Å². The summed E-state index contributed by atoms with van der Waals surface area (Å²) in [5, 5.41) is 17.9. The zero-order valence-electron chi connectivity index (χ0n) is 11.6. The second-order valence-electron chi connectivity index (χ2n) is 4.57. The molecule has 0 fully saturated rings. The molecule has 0 unspecified atom stereocenters. The first-order valence-electron chi connectivity index (χ1n) is 6.64. The summed E-state index contributed by atoms with van der Waals surface area (Å²) in [7, 11) is 0. The fourth-order valence-corrected chi connectivity index (χ4v) is 2.66. The molecule has 1 aromatic carbocycles. The fourth-order valence-electron chi connectivity index (χ4n) is 1.95. The third-order valence-electron chi connectivity index (χ3n) is 3.05. The Morgan fingerprint density at radius 3 is 2.41 bits per heavy atom. The molecule has 2 N–H and O–H groups in total. The Morgan fingerprint density at radius 2 is 1.68 bits per heavy atom. The van der Waals surface area contributed by atoms with Crippen molar-refractivity contribution in [1.29, 1.82) is 10.8 Å². The molecule has 0 atom stereocenters. The van der Waals surface area contributed by atoms with Gasteiger partial charge >= 0.3 is 0 Å². The monoisotopic (exact) mass is 307 g/mol. The predicted octanol–water partition coefficient (Wildman–Crippen LogP) is 4.18. The van der Waals surface area contributed by atoms with Crippen LogP contribution >= 0.6 is 11.3 Å². The van der Waals surface area contributed by atoms with Crippen molar-refractivity contribution in [1.82, 2.24) is 4.98 Å². The maximum absolute atomic E-state index is 8.03. The Balaban J connectivity index is 1.78. The summed E-state index contributed by atoms with van der Waals surface area (Å²) in [6.45, 7) is 0. The molecule has 2 heterocycles. The molecule has 3 aromatic rings. The van der Waals surface area contributed by atoms with E-state index in [1.807, 2.05) is 41.8 Å². The quantitative estimate of drug-likeness (QED) is 0.563. The molecule has 0 amide bonds. The Morgan fingerprint density at radius 1 is 0.909 bits per heavy atom. The van der Waals surface area contributed by atoms with Crippen LogP contribution in [0.25, 0.3) is 10.4 Å². The van der Waals surface area contributed by atoms with Gasteiger partial charge in [0.1, 0.15) is 0 Å². The van der Waals surface area contributed by atoms with Crippen LogP contribution in [0, 0.1) is 10.8 Å². The van der Waals surface area contributed by atoms with Crippen molar-refractivity contribution < 1.29 is 4.74 Å². The van der Waals surface area contributed by atoms with E-state index >= 15 is 0 Å². The minimum Gasteiger partial charge on any atom is -0.421 e. The number of benzene rings is 1. The number of ether oxygens (including phenoxy) is 1. The number of pyridine rings is 1. The van der Waals surface area contributed by atoms with E-state index in [1.165, 1.54) is 0 Å². The maximum Gasteiger partial charge on any atom is 0.222 e. The molecule has 108 valence electrons. The summed E-state index contributed by atoms with van der Waals surface area (Å²) < 4.78 is 5.32. The Hall–Kier alpha value is -2.79. The first-order valence-corrected chi connectivity index (χ1v) is 7.51. The van der Waals surface area contributed by atoms with Crippen molar-refractivity contribution >= 4 is 23.1 Å². The Bertz CT molecular complexity index is 798. The lowest BCUT2D eigenvalue weighted by atomic mass is 10.2. The SMILES string of the molecule is N=C(OC(=N)c1cncc(-c2cccs2)c1)c1ccccc1. The van der Waals surface area contributed by atoms with Crippen LogP contribution in [0.1, 0.15) is 11.1 Å². The number of aromatic nitrogens is 1. The summed E-state index contributed by atoms with van der Waals surface area (Å²) >= 11 is 1.61. The molecular weight excluding hydrogens is 294 g/mol. The maximum atomic E-state index is 8.03. The highest BCUT2D eigenvalue weighted by molar-refractivity contribution is 7.13. The summed E-state index contributed by atoms with van der Waals surface area (Å²) in [5.41, 5.74) is 2.12. The molecule has 4 nitrogen and oxygen atoms in total. The molecule has 0 aliphatic rings. The third kappa shape index (κ3) is 3.10. The largest absolute Gasteiger partial charge is 0.421 e. The van der Waals surface area contributed by atoms with Crippen molar-refractivity contribution in [2.24, 2.45) is 0 Å². The van der Waals surface area contributed by atoms with Gasteiger partial charge in [-0.3, -0.25) is 15.8 Å². The number of hydrogen-bond acceptors (Lipinski definition) is 5. The minimum absolute atomic E-state index is 0.0490. The van der Waals surface area contributed by atoms with Gasteiger partial charge in [-0.25, -0.2) is 0 Å². The first-order chi connectivity index (χ1) is 10.7. The molecule has 0 spiro atoms. The molecule has 2 aromatic heterocycles. The van der Waals surface area contributed by atoms with Gasteiger partial charge in [0.15, 0.2) is 0 Å². The molecule has 3 rings (SSSR count). The summed E-state index contributed by atoms with van der Waals surface area (Å²) in [4.78, 5) is 5.24. The zero-order valence-corrected chi connectivity index (χ0v) is 12.4. The van der Waals surface area contributed by atoms with Crippen LogP contribution in [0.3, 0.4) is 0 Å². The molecule has 22 heavy (non-hydrogen) atoms. The number of thiophene rings is 1. The van der Waals surface area contributed by atoms with E-state index in [0.29, 0.717) is 11.1 Å². The van der Waals surface area contributed by atoms with Gasteiger partial charge in [-0.05, 0) is 29.6 Å². The number of nitrogens with zero attached hydrogens (tertiary/aromatic N) is 1. The van der Waals surface area contributed by atoms with Crippen molar-refractivity contribution in [2.45, 2.75) is 0 Å². The van der Waals surface area contributed by atoms with Gasteiger partial charge in [0.2, 0.25) is 11.8 Å². The van der Waals surface area contributed by atoms with Gasteiger partial charge in [0, 0.05) is 28.4 Å². The van der Waals surface area contributed by atoms with Gasteiger partial charge in [-0.15, -0.1) is 11.3 Å². The average molecular weight is 307 g/mol. The van der Waals surface area contributed by atoms with Crippen molar-refractivity contribution in [3.8, 4) is 10.4 Å². The molecule has 0 bridgehead atoms. The highest BCUT2D eigenvalue weighted by Crippen LogP contribution is 2.24. The Labute approximate surface area is 132 Å². The van der Waals surface area contributed by atoms with Crippen LogP contribution < -0.4 is 0 Å². The summed E-state index contributed by atoms with van der Waals surface area (Å²) in [5.74, 6) is -0.133. The summed E-state index contributed by atoms with van der Waals surface area (Å²) in [6, 6.07) is 14.9. The second kappa shape index (κ2) is 6.32. The standard InChI is InChI=1S/C17H13N3OS/c18-16(12-5-2-1-3-6-12)21-17(19)14-9-13(10-20-11-14)15-7-4-8-22-15/h1-11,18-19H.